The molecule has 1 aliphatic heterocycles. The highest BCUT2D eigenvalue weighted by atomic mass is 79.9. The standard InChI is InChI=1S/C20H25BrN4O3S/c1-5-10-28-18(26)16-12(4)22-19-23-20(29-7-3)24-25(19)17(16)14-11-13(21)8-9-15(14)27-6-2/h8-9,11,17H,5-7,10H2,1-4H3,(H,22,23,24). The Kier molecular flexibility index (Phi) is 7.23. The van der Waals surface area contributed by atoms with Crippen LogP contribution in [0.25, 0.3) is 0 Å². The topological polar surface area (TPSA) is 78.3 Å². The molecule has 29 heavy (non-hydrogen) atoms. The Morgan fingerprint density at radius 1 is 1.34 bits per heavy atom. The van der Waals surface area contributed by atoms with E-state index in [1.807, 2.05) is 45.9 Å². The normalized spacial score (nSPS) is 15.7. The van der Waals surface area contributed by atoms with Gasteiger partial charge in [0.25, 0.3) is 0 Å². The molecule has 3 rings (SSSR count). The molecule has 0 radical (unpaired) electrons. The van der Waals surface area contributed by atoms with E-state index in [-0.39, 0.29) is 5.97 Å². The van der Waals surface area contributed by atoms with Gasteiger partial charge in [-0.2, -0.15) is 4.98 Å². The number of thioether (sulfide) groups is 1. The quantitative estimate of drug-likeness (QED) is 0.429. The SMILES string of the molecule is CCCOC(=O)C1=C(C)Nc2nc(SCC)nn2C1c1cc(Br)ccc1OCC. The fourth-order valence-electron chi connectivity index (χ4n) is 3.17. The molecule has 1 aliphatic rings. The first-order chi connectivity index (χ1) is 14.0. The molecule has 9 heteroatoms. The molecule has 0 saturated carbocycles. The van der Waals surface area contributed by atoms with Crippen LogP contribution in [0.15, 0.2) is 39.1 Å². The van der Waals surface area contributed by atoms with Crippen molar-refractivity contribution in [3.63, 3.8) is 0 Å². The Morgan fingerprint density at radius 2 is 2.14 bits per heavy atom. The Labute approximate surface area is 183 Å². The number of hydrogen-bond donors (Lipinski definition) is 1. The predicted octanol–water partition coefficient (Wildman–Crippen LogP) is 4.79. The summed E-state index contributed by atoms with van der Waals surface area (Å²) < 4.78 is 14.0. The number of aromatic nitrogens is 3. The van der Waals surface area contributed by atoms with Gasteiger partial charge in [-0.3, -0.25) is 0 Å². The molecule has 0 saturated heterocycles. The summed E-state index contributed by atoms with van der Waals surface area (Å²) in [5.41, 5.74) is 2.03. The van der Waals surface area contributed by atoms with Crippen molar-refractivity contribution in [1.29, 1.82) is 0 Å². The smallest absolute Gasteiger partial charge is 0.338 e. The number of anilines is 1. The van der Waals surface area contributed by atoms with Crippen LogP contribution in [0, 0.1) is 0 Å². The predicted molar refractivity (Wildman–Crippen MR) is 117 cm³/mol. The van der Waals surface area contributed by atoms with Gasteiger partial charge in [0.15, 0.2) is 0 Å². The van der Waals surface area contributed by atoms with Crippen molar-refractivity contribution >= 4 is 39.6 Å². The molecular weight excluding hydrogens is 456 g/mol. The lowest BCUT2D eigenvalue weighted by molar-refractivity contribution is -0.139. The van der Waals surface area contributed by atoms with E-state index >= 15 is 0 Å². The van der Waals surface area contributed by atoms with E-state index in [0.29, 0.717) is 41.3 Å². The molecule has 2 aromatic rings. The highest BCUT2D eigenvalue weighted by molar-refractivity contribution is 9.10. The molecule has 0 fully saturated rings. The second-order valence-corrected chi connectivity index (χ2v) is 8.56. The van der Waals surface area contributed by atoms with Crippen LogP contribution in [0.1, 0.15) is 45.7 Å². The summed E-state index contributed by atoms with van der Waals surface area (Å²) in [5.74, 6) is 1.78. The van der Waals surface area contributed by atoms with Crippen LogP contribution in [0.4, 0.5) is 5.95 Å². The van der Waals surface area contributed by atoms with Gasteiger partial charge in [0.2, 0.25) is 11.1 Å². The third-order valence-electron chi connectivity index (χ3n) is 4.33. The number of fused-ring (bicyclic) bond motifs is 1. The zero-order chi connectivity index (χ0) is 21.0. The van der Waals surface area contributed by atoms with Crippen LogP contribution >= 0.6 is 27.7 Å². The summed E-state index contributed by atoms with van der Waals surface area (Å²) in [4.78, 5) is 17.6. The third-order valence-corrected chi connectivity index (χ3v) is 5.54. The van der Waals surface area contributed by atoms with Crippen molar-refractivity contribution in [2.24, 2.45) is 0 Å². The zero-order valence-electron chi connectivity index (χ0n) is 17.0. The molecule has 0 spiro atoms. The molecule has 1 unspecified atom stereocenters. The molecule has 1 aromatic carbocycles. The molecule has 156 valence electrons. The summed E-state index contributed by atoms with van der Waals surface area (Å²) in [7, 11) is 0. The van der Waals surface area contributed by atoms with Crippen LogP contribution in [0.3, 0.4) is 0 Å². The minimum absolute atomic E-state index is 0.361. The number of rotatable bonds is 8. The molecule has 2 heterocycles. The van der Waals surface area contributed by atoms with E-state index in [1.54, 1.807) is 16.4 Å². The van der Waals surface area contributed by atoms with Crippen LogP contribution in [-0.2, 0) is 9.53 Å². The first-order valence-electron chi connectivity index (χ1n) is 9.66. The first-order valence-corrected chi connectivity index (χ1v) is 11.4. The number of carbonyl (C=O) groups is 1. The van der Waals surface area contributed by atoms with Crippen molar-refractivity contribution in [3.8, 4) is 5.75 Å². The van der Waals surface area contributed by atoms with Crippen molar-refractivity contribution in [2.75, 3.05) is 24.3 Å². The van der Waals surface area contributed by atoms with Crippen LogP contribution in [-0.4, -0.2) is 39.7 Å². The summed E-state index contributed by atoms with van der Waals surface area (Å²) in [6, 6.07) is 5.27. The number of esters is 1. The van der Waals surface area contributed by atoms with E-state index in [2.05, 4.69) is 31.3 Å². The Bertz CT molecular complexity index is 928. The van der Waals surface area contributed by atoms with Crippen LogP contribution in [0.2, 0.25) is 0 Å². The number of allylic oxidation sites excluding steroid dienone is 1. The van der Waals surface area contributed by atoms with Crippen LogP contribution in [0.5, 0.6) is 5.75 Å². The number of ether oxygens (including phenoxy) is 2. The van der Waals surface area contributed by atoms with Gasteiger partial charge in [-0.05, 0) is 44.2 Å². The van der Waals surface area contributed by atoms with E-state index < -0.39 is 6.04 Å². The Hall–Kier alpha value is -2.00. The molecule has 1 N–H and O–H groups in total. The lowest BCUT2D eigenvalue weighted by Gasteiger charge is -2.29. The van der Waals surface area contributed by atoms with Gasteiger partial charge in [-0.1, -0.05) is 41.5 Å². The average molecular weight is 481 g/mol. The third kappa shape index (κ3) is 4.61. The fourth-order valence-corrected chi connectivity index (χ4v) is 4.10. The number of nitrogens with zero attached hydrogens (tertiary/aromatic N) is 3. The lowest BCUT2D eigenvalue weighted by atomic mass is 9.95. The van der Waals surface area contributed by atoms with Crippen molar-refractivity contribution in [1.82, 2.24) is 14.8 Å². The molecule has 0 aliphatic carbocycles. The monoisotopic (exact) mass is 480 g/mol. The van der Waals surface area contributed by atoms with Crippen molar-refractivity contribution in [2.45, 2.75) is 45.3 Å². The molecule has 1 atom stereocenters. The second kappa shape index (κ2) is 9.67. The highest BCUT2D eigenvalue weighted by Crippen LogP contribution is 2.41. The molecule has 0 bridgehead atoms. The fraction of sp³-hybridized carbons (Fsp3) is 0.450. The number of halogens is 1. The average Bonchev–Trinajstić information content (AvgIpc) is 3.08. The van der Waals surface area contributed by atoms with Gasteiger partial charge in [0.05, 0.1) is 18.8 Å². The summed E-state index contributed by atoms with van der Waals surface area (Å²) in [5, 5.41) is 8.54. The van der Waals surface area contributed by atoms with E-state index in [1.165, 1.54) is 0 Å². The maximum absolute atomic E-state index is 13.0. The Balaban J connectivity index is 2.18. The molecule has 0 amide bonds. The molecular formula is C20H25BrN4O3S. The van der Waals surface area contributed by atoms with E-state index in [4.69, 9.17) is 9.47 Å². The van der Waals surface area contributed by atoms with Gasteiger partial charge in [0, 0.05) is 15.7 Å². The number of carbonyl (C=O) groups excluding carboxylic acids is 1. The van der Waals surface area contributed by atoms with Gasteiger partial charge < -0.3 is 14.8 Å². The maximum Gasteiger partial charge on any atom is 0.338 e. The van der Waals surface area contributed by atoms with Gasteiger partial charge in [-0.25, -0.2) is 9.48 Å². The lowest BCUT2D eigenvalue weighted by Crippen LogP contribution is -2.30. The van der Waals surface area contributed by atoms with Gasteiger partial charge >= 0.3 is 5.97 Å². The summed E-state index contributed by atoms with van der Waals surface area (Å²) >= 11 is 5.10. The van der Waals surface area contributed by atoms with E-state index in [9.17, 15) is 4.79 Å². The van der Waals surface area contributed by atoms with Crippen LogP contribution < -0.4 is 10.1 Å². The maximum atomic E-state index is 13.0. The minimum Gasteiger partial charge on any atom is -0.494 e. The second-order valence-electron chi connectivity index (χ2n) is 6.41. The number of hydrogen-bond acceptors (Lipinski definition) is 7. The Morgan fingerprint density at radius 3 is 2.83 bits per heavy atom. The van der Waals surface area contributed by atoms with Crippen molar-refractivity contribution < 1.29 is 14.3 Å². The minimum atomic E-state index is -0.506. The number of benzene rings is 1. The molecule has 7 nitrogen and oxygen atoms in total. The molecule has 1 aromatic heterocycles. The largest absolute Gasteiger partial charge is 0.494 e. The highest BCUT2D eigenvalue weighted by Gasteiger charge is 2.37. The number of nitrogens with one attached hydrogen (secondary N) is 1. The van der Waals surface area contributed by atoms with Gasteiger partial charge in [-0.15, -0.1) is 5.10 Å². The summed E-state index contributed by atoms with van der Waals surface area (Å²) in [6.45, 7) is 8.69. The van der Waals surface area contributed by atoms with E-state index in [0.717, 1.165) is 22.2 Å². The van der Waals surface area contributed by atoms with Crippen molar-refractivity contribution in [3.05, 3.63) is 39.5 Å². The zero-order valence-corrected chi connectivity index (χ0v) is 19.4. The first kappa shape index (κ1) is 21.7. The summed E-state index contributed by atoms with van der Waals surface area (Å²) in [6.07, 6.45) is 0.753. The van der Waals surface area contributed by atoms with Gasteiger partial charge in [0.1, 0.15) is 11.8 Å².